The van der Waals surface area contributed by atoms with Crippen LogP contribution < -0.4 is 5.32 Å². The zero-order valence-electron chi connectivity index (χ0n) is 23.9. The zero-order chi connectivity index (χ0) is 27.0. The van der Waals surface area contributed by atoms with Crippen molar-refractivity contribution in [3.05, 3.63) is 29.8 Å². The molecule has 0 spiro atoms. The molecular formula is C32H55NO4. The number of amides is 1. The minimum absolute atomic E-state index is 0.110. The van der Waals surface area contributed by atoms with Crippen molar-refractivity contribution in [3.63, 3.8) is 0 Å². The number of ether oxygens (including phenoxy) is 1. The average Bonchev–Trinajstić information content (AvgIpc) is 2.90. The molecule has 1 aromatic carbocycles. The van der Waals surface area contributed by atoms with E-state index in [-0.39, 0.29) is 11.7 Å². The van der Waals surface area contributed by atoms with Gasteiger partial charge in [-0.1, -0.05) is 135 Å². The predicted octanol–water partition coefficient (Wildman–Crippen LogP) is 8.41. The molecule has 2 N–H and O–H groups in total. The molecule has 1 atom stereocenters. The van der Waals surface area contributed by atoms with Crippen LogP contribution >= 0.6 is 0 Å². The molecule has 0 heterocycles. The normalized spacial score (nSPS) is 11.8. The Morgan fingerprint density at radius 2 is 1.11 bits per heavy atom. The smallest absolute Gasteiger partial charge is 0.328 e. The SMILES string of the molecule is CCCCCCCCCCCCCCCCCCCCCC(=O)N[C@@H](Cc1ccc(O)cc1)C(=O)OC. The molecule has 0 saturated heterocycles. The Bertz CT molecular complexity index is 689. The Morgan fingerprint density at radius 1 is 0.703 bits per heavy atom. The number of aromatic hydroxyl groups is 1. The maximum absolute atomic E-state index is 12.3. The van der Waals surface area contributed by atoms with E-state index in [0.29, 0.717) is 12.8 Å². The van der Waals surface area contributed by atoms with Gasteiger partial charge in [-0.15, -0.1) is 0 Å². The molecule has 1 aromatic rings. The first-order chi connectivity index (χ1) is 18.1. The number of hydrogen-bond acceptors (Lipinski definition) is 4. The lowest BCUT2D eigenvalue weighted by Gasteiger charge is -2.16. The number of carbonyl (C=O) groups is 2. The third kappa shape index (κ3) is 18.8. The molecule has 5 nitrogen and oxygen atoms in total. The lowest BCUT2D eigenvalue weighted by molar-refractivity contribution is -0.145. The maximum atomic E-state index is 12.3. The summed E-state index contributed by atoms with van der Waals surface area (Å²) in [5.41, 5.74) is 0.858. The van der Waals surface area contributed by atoms with Crippen molar-refractivity contribution in [2.75, 3.05) is 7.11 Å². The lowest BCUT2D eigenvalue weighted by atomic mass is 10.0. The van der Waals surface area contributed by atoms with Crippen LogP contribution in [0.4, 0.5) is 0 Å². The van der Waals surface area contributed by atoms with Gasteiger partial charge in [0.2, 0.25) is 5.91 Å². The van der Waals surface area contributed by atoms with E-state index in [1.54, 1.807) is 24.3 Å². The monoisotopic (exact) mass is 517 g/mol. The Labute approximate surface area is 227 Å². The van der Waals surface area contributed by atoms with Gasteiger partial charge in [-0.2, -0.15) is 0 Å². The number of hydrogen-bond donors (Lipinski definition) is 2. The van der Waals surface area contributed by atoms with Gasteiger partial charge >= 0.3 is 5.97 Å². The quantitative estimate of drug-likeness (QED) is 0.107. The molecule has 0 aromatic heterocycles. The number of esters is 1. The summed E-state index contributed by atoms with van der Waals surface area (Å²) in [6.07, 6.45) is 26.0. The number of nitrogens with one attached hydrogen (secondary N) is 1. The van der Waals surface area contributed by atoms with Crippen molar-refractivity contribution < 1.29 is 19.4 Å². The minimum Gasteiger partial charge on any atom is -0.508 e. The van der Waals surface area contributed by atoms with Crippen LogP contribution in [0.25, 0.3) is 0 Å². The molecule has 0 aliphatic rings. The van der Waals surface area contributed by atoms with Crippen LogP contribution in [0.15, 0.2) is 24.3 Å². The van der Waals surface area contributed by atoms with Crippen LogP contribution in [0.3, 0.4) is 0 Å². The van der Waals surface area contributed by atoms with Gasteiger partial charge in [-0.25, -0.2) is 4.79 Å². The number of phenols is 1. The molecule has 0 aliphatic heterocycles. The number of methoxy groups -OCH3 is 1. The van der Waals surface area contributed by atoms with Gasteiger partial charge in [-0.05, 0) is 24.1 Å². The fourth-order valence-corrected chi connectivity index (χ4v) is 4.83. The summed E-state index contributed by atoms with van der Waals surface area (Å²) in [5, 5.41) is 12.2. The molecule has 1 amide bonds. The molecule has 0 fully saturated rings. The van der Waals surface area contributed by atoms with Crippen molar-refractivity contribution >= 4 is 11.9 Å². The summed E-state index contributed by atoms with van der Waals surface area (Å²) in [6, 6.07) is 5.93. The van der Waals surface area contributed by atoms with Crippen LogP contribution in [0.5, 0.6) is 5.75 Å². The van der Waals surface area contributed by atoms with Gasteiger partial charge in [0, 0.05) is 12.8 Å². The first kappa shape index (κ1) is 33.0. The van der Waals surface area contributed by atoms with Crippen LogP contribution in [0.2, 0.25) is 0 Å². The maximum Gasteiger partial charge on any atom is 0.328 e. The van der Waals surface area contributed by atoms with Crippen molar-refractivity contribution in [1.82, 2.24) is 5.32 Å². The lowest BCUT2D eigenvalue weighted by Crippen LogP contribution is -2.43. The number of rotatable bonds is 24. The van der Waals surface area contributed by atoms with Crippen LogP contribution in [-0.4, -0.2) is 30.1 Å². The summed E-state index contributed by atoms with van der Waals surface area (Å²) >= 11 is 0. The van der Waals surface area contributed by atoms with Gasteiger partial charge in [0.15, 0.2) is 0 Å². The van der Waals surface area contributed by atoms with Gasteiger partial charge in [-0.3, -0.25) is 4.79 Å². The molecule has 5 heteroatoms. The molecule has 0 unspecified atom stereocenters. The van der Waals surface area contributed by atoms with Crippen LogP contribution in [0.1, 0.15) is 141 Å². The zero-order valence-corrected chi connectivity index (χ0v) is 23.9. The molecule has 0 radical (unpaired) electrons. The van der Waals surface area contributed by atoms with Crippen LogP contribution in [-0.2, 0) is 20.7 Å². The fourth-order valence-electron chi connectivity index (χ4n) is 4.83. The molecule has 0 aliphatic carbocycles. The standard InChI is InChI=1S/C32H55NO4/c1-3-4-5-6-7-8-9-10-11-12-13-14-15-16-17-18-19-20-21-22-31(35)33-30(32(36)37-2)27-28-23-25-29(34)26-24-28/h23-26,30,34H,3-22,27H2,1-2H3,(H,33,35)/t30-/m0/s1. The Hall–Kier alpha value is -2.04. The van der Waals surface area contributed by atoms with Gasteiger partial charge in [0.25, 0.3) is 0 Å². The minimum atomic E-state index is -0.706. The van der Waals surface area contributed by atoms with E-state index < -0.39 is 12.0 Å². The van der Waals surface area contributed by atoms with Crippen LogP contribution in [0, 0.1) is 0 Å². The van der Waals surface area contributed by atoms with Crippen molar-refractivity contribution in [3.8, 4) is 5.75 Å². The third-order valence-electron chi connectivity index (χ3n) is 7.20. The largest absolute Gasteiger partial charge is 0.508 e. The highest BCUT2D eigenvalue weighted by atomic mass is 16.5. The van der Waals surface area contributed by atoms with Gasteiger partial charge in [0.1, 0.15) is 11.8 Å². The highest BCUT2D eigenvalue weighted by molar-refractivity contribution is 5.84. The van der Waals surface area contributed by atoms with E-state index in [1.165, 1.54) is 116 Å². The summed E-state index contributed by atoms with van der Waals surface area (Å²) < 4.78 is 4.85. The highest BCUT2D eigenvalue weighted by Gasteiger charge is 2.21. The second kappa shape index (κ2) is 23.1. The molecular weight excluding hydrogens is 462 g/mol. The fraction of sp³-hybridized carbons (Fsp3) is 0.750. The van der Waals surface area contributed by atoms with Gasteiger partial charge < -0.3 is 15.2 Å². The molecule has 1 rings (SSSR count). The Balaban J connectivity index is 1.94. The first-order valence-electron chi connectivity index (χ1n) is 15.2. The number of phenolic OH excluding ortho intramolecular Hbond substituents is 1. The highest BCUT2D eigenvalue weighted by Crippen LogP contribution is 2.15. The van der Waals surface area contributed by atoms with E-state index in [1.807, 2.05) is 0 Å². The van der Waals surface area contributed by atoms with E-state index in [0.717, 1.165) is 18.4 Å². The van der Waals surface area contributed by atoms with E-state index in [2.05, 4.69) is 12.2 Å². The first-order valence-corrected chi connectivity index (χ1v) is 15.2. The van der Waals surface area contributed by atoms with Crippen molar-refractivity contribution in [1.29, 1.82) is 0 Å². The van der Waals surface area contributed by atoms with E-state index in [4.69, 9.17) is 4.74 Å². The number of benzene rings is 1. The summed E-state index contributed by atoms with van der Waals surface area (Å²) in [5.74, 6) is -0.387. The molecule has 0 bridgehead atoms. The summed E-state index contributed by atoms with van der Waals surface area (Å²) in [4.78, 5) is 24.4. The van der Waals surface area contributed by atoms with Gasteiger partial charge in [0.05, 0.1) is 7.11 Å². The molecule has 37 heavy (non-hydrogen) atoms. The second-order valence-corrected chi connectivity index (χ2v) is 10.6. The van der Waals surface area contributed by atoms with Crippen molar-refractivity contribution in [2.24, 2.45) is 0 Å². The molecule has 212 valence electrons. The topological polar surface area (TPSA) is 75.6 Å². The van der Waals surface area contributed by atoms with E-state index >= 15 is 0 Å². The summed E-state index contributed by atoms with van der Waals surface area (Å²) in [6.45, 7) is 2.28. The Morgan fingerprint density at radius 3 is 1.51 bits per heavy atom. The summed E-state index contributed by atoms with van der Waals surface area (Å²) in [7, 11) is 1.33. The number of unbranched alkanes of at least 4 members (excludes halogenated alkanes) is 18. The Kier molecular flexibility index (Phi) is 20.6. The van der Waals surface area contributed by atoms with Crippen molar-refractivity contribution in [2.45, 2.75) is 148 Å². The predicted molar refractivity (Wildman–Crippen MR) is 154 cm³/mol. The number of carbonyl (C=O) groups excluding carboxylic acids is 2. The average molecular weight is 518 g/mol. The second-order valence-electron chi connectivity index (χ2n) is 10.6. The third-order valence-corrected chi connectivity index (χ3v) is 7.20. The van der Waals surface area contributed by atoms with E-state index in [9.17, 15) is 14.7 Å². The molecule has 0 saturated carbocycles.